The number of nitrogens with one attached hydrogen (secondary N) is 1. The van der Waals surface area contributed by atoms with Crippen LogP contribution in [0.15, 0.2) is 78.4 Å². The third kappa shape index (κ3) is 5.66. The fourth-order valence-corrected chi connectivity index (χ4v) is 12.7. The molecule has 3 aromatic rings. The van der Waals surface area contributed by atoms with Gasteiger partial charge in [-0.1, -0.05) is 62.4 Å². The van der Waals surface area contributed by atoms with E-state index in [2.05, 4.69) is 42.1 Å². The Labute approximate surface area is 318 Å². The van der Waals surface area contributed by atoms with E-state index in [1.165, 1.54) is 35.6 Å². The Kier molecular flexibility index (Phi) is 8.75. The monoisotopic (exact) mass is 762 g/mol. The number of hydrogen-bond acceptors (Lipinski definition) is 6. The molecule has 11 heteroatoms. The third-order valence-electron chi connectivity index (χ3n) is 14.3. The van der Waals surface area contributed by atoms with Gasteiger partial charge in [-0.3, -0.25) is 4.79 Å². The lowest BCUT2D eigenvalue weighted by Crippen LogP contribution is -2.67. The van der Waals surface area contributed by atoms with Crippen molar-refractivity contribution in [2.24, 2.45) is 33.5 Å². The molecule has 8 atom stereocenters. The van der Waals surface area contributed by atoms with E-state index in [4.69, 9.17) is 0 Å². The van der Waals surface area contributed by atoms with Gasteiger partial charge in [-0.25, -0.2) is 4.79 Å². The molecule has 3 N–H and O–H groups in total. The first-order valence-corrected chi connectivity index (χ1v) is 20.0. The van der Waals surface area contributed by atoms with Crippen LogP contribution in [0, 0.1) is 33.5 Å². The number of hydrogen-bond donors (Lipinski definition) is 3. The molecule has 9 rings (SSSR count). The number of aliphatic hydroxyl groups is 2. The smallest absolute Gasteiger partial charge is 0.406 e. The molecule has 0 aliphatic heterocycles. The van der Waals surface area contributed by atoms with Crippen molar-refractivity contribution in [2.75, 3.05) is 6.54 Å². The number of nitrogens with zero attached hydrogens (tertiary/aromatic N) is 1. The number of rotatable bonds is 8. The van der Waals surface area contributed by atoms with Gasteiger partial charge >= 0.3 is 12.4 Å². The number of thiophene rings is 1. The predicted molar refractivity (Wildman–Crippen MR) is 202 cm³/mol. The molecule has 2 aromatic carbocycles. The molecule has 1 aromatic heterocycles. The highest BCUT2D eigenvalue weighted by molar-refractivity contribution is 7.21. The Balaban J connectivity index is 1.17. The van der Waals surface area contributed by atoms with Crippen LogP contribution in [0.4, 0.5) is 18.0 Å². The van der Waals surface area contributed by atoms with E-state index in [0.29, 0.717) is 42.5 Å². The van der Waals surface area contributed by atoms with Gasteiger partial charge in [-0.15, -0.1) is 24.5 Å². The van der Waals surface area contributed by atoms with Crippen LogP contribution in [0.1, 0.15) is 87.9 Å². The maximum absolute atomic E-state index is 15.0. The van der Waals surface area contributed by atoms with Crippen LogP contribution >= 0.6 is 11.3 Å². The maximum Gasteiger partial charge on any atom is 0.573 e. The lowest BCUT2D eigenvalue weighted by atomic mass is 9.32. The molecule has 54 heavy (non-hydrogen) atoms. The zero-order chi connectivity index (χ0) is 38.5. The summed E-state index contributed by atoms with van der Waals surface area (Å²) in [5.74, 6) is -0.315. The predicted octanol–water partition coefficient (Wildman–Crippen LogP) is 9.19. The quantitative estimate of drug-likeness (QED) is 0.157. The van der Waals surface area contributed by atoms with E-state index < -0.39 is 34.3 Å². The summed E-state index contributed by atoms with van der Waals surface area (Å²) in [6, 6.07) is 14.9. The number of carbonyl (C=O) groups excluding carboxylic acids is 2. The number of benzene rings is 2. The van der Waals surface area contributed by atoms with Gasteiger partial charge in [0, 0.05) is 39.1 Å². The van der Waals surface area contributed by atoms with Crippen LogP contribution < -0.4 is 10.1 Å². The second-order valence-electron chi connectivity index (χ2n) is 17.4. The molecule has 0 saturated heterocycles. The summed E-state index contributed by atoms with van der Waals surface area (Å²) in [5, 5.41) is 28.0. The minimum atomic E-state index is -4.82. The summed E-state index contributed by atoms with van der Waals surface area (Å²) in [6.45, 7) is 8.28. The Hall–Kier alpha value is -3.67. The van der Waals surface area contributed by atoms with Crippen molar-refractivity contribution in [3.8, 4) is 5.75 Å². The standard InChI is InChI=1S/C43H49F3N2O5S/c1-26(2)47-37(51)48(24-27-9-11-30(12-10-27)53-43(44,45)46)25-41(52)18-15-35-39(41,4)17-14-34-38(3)16-13-29(49)22-40(38)19-20-42(34,35)31(23-40)36(50)33-21-28-7-5-6-8-32(28)54-33/h5-12,19-21,23,26,29,34-35,49,52H,13-18,22,24-25H2,1-4H3,(H,47,51)/t29?,34-,35-,38-,39+,40+,41-,42-/m1/s1. The molecule has 1 unspecified atom stereocenters. The molecule has 2 bridgehead atoms. The topological polar surface area (TPSA) is 99.1 Å². The highest BCUT2D eigenvalue weighted by Gasteiger charge is 2.74. The first kappa shape index (κ1) is 37.3. The lowest BCUT2D eigenvalue weighted by Gasteiger charge is -2.71. The number of fused-ring (bicyclic) bond motifs is 2. The highest BCUT2D eigenvalue weighted by Crippen LogP contribution is 2.78. The molecule has 2 spiro atoms. The average molecular weight is 763 g/mol. The van der Waals surface area contributed by atoms with E-state index >= 15 is 4.79 Å². The van der Waals surface area contributed by atoms with Crippen molar-refractivity contribution < 1.29 is 37.7 Å². The Bertz CT molecular complexity index is 2010. The zero-order valence-electron chi connectivity index (χ0n) is 31.2. The van der Waals surface area contributed by atoms with Gasteiger partial charge in [0.2, 0.25) is 0 Å². The third-order valence-corrected chi connectivity index (χ3v) is 15.4. The van der Waals surface area contributed by atoms with Crippen molar-refractivity contribution in [3.63, 3.8) is 0 Å². The Morgan fingerprint density at radius 1 is 0.981 bits per heavy atom. The number of urea groups is 1. The summed E-state index contributed by atoms with van der Waals surface area (Å²) in [4.78, 5) is 31.1. The van der Waals surface area contributed by atoms with Crippen molar-refractivity contribution in [1.29, 1.82) is 0 Å². The first-order valence-electron chi connectivity index (χ1n) is 19.2. The molecular weight excluding hydrogens is 714 g/mol. The van der Waals surface area contributed by atoms with E-state index in [1.54, 1.807) is 4.90 Å². The number of Topliss-reactive ketones (excluding diaryl/α,β-unsaturated/α-hetero) is 1. The number of aliphatic hydroxyl groups excluding tert-OH is 1. The van der Waals surface area contributed by atoms with Crippen LogP contribution in [0.2, 0.25) is 0 Å². The molecule has 0 radical (unpaired) electrons. The largest absolute Gasteiger partial charge is 0.573 e. The maximum atomic E-state index is 15.0. The number of amides is 2. The van der Waals surface area contributed by atoms with Gasteiger partial charge in [0.05, 0.1) is 23.1 Å². The molecular formula is C43H49F3N2O5S. The number of alkyl halides is 3. The minimum absolute atomic E-state index is 0.0144. The fourth-order valence-electron chi connectivity index (χ4n) is 11.7. The van der Waals surface area contributed by atoms with Crippen LogP contribution in [0.3, 0.4) is 0 Å². The van der Waals surface area contributed by atoms with Gasteiger partial charge < -0.3 is 25.2 Å². The molecule has 3 saturated carbocycles. The molecule has 7 nitrogen and oxygen atoms in total. The minimum Gasteiger partial charge on any atom is -0.406 e. The fraction of sp³-hybridized carbons (Fsp3) is 0.535. The summed E-state index contributed by atoms with van der Waals surface area (Å²) in [7, 11) is 0. The number of halogens is 3. The van der Waals surface area contributed by atoms with E-state index in [-0.39, 0.29) is 53.9 Å². The van der Waals surface area contributed by atoms with E-state index in [9.17, 15) is 28.2 Å². The second-order valence-corrected chi connectivity index (χ2v) is 18.5. The van der Waals surface area contributed by atoms with Crippen LogP contribution in [0.5, 0.6) is 5.75 Å². The summed E-state index contributed by atoms with van der Waals surface area (Å²) < 4.78 is 43.7. The lowest BCUT2D eigenvalue weighted by molar-refractivity contribution is -0.274. The summed E-state index contributed by atoms with van der Waals surface area (Å²) >= 11 is 1.51. The molecule has 2 amide bonds. The zero-order valence-corrected chi connectivity index (χ0v) is 32.0. The summed E-state index contributed by atoms with van der Waals surface area (Å²) in [5.41, 5.74) is -1.91. The SMILES string of the molecule is CC(C)NC(=O)N(Cc1ccc(OC(F)(F)F)cc1)C[C@]1(O)CC[C@H]2[C@]34C=C[C@@]5(C=C3C(=O)c3cc6ccccc6s3)CC(O)CC[C@]5(C)[C@H]4CC[C@@]21C. The Morgan fingerprint density at radius 2 is 1.67 bits per heavy atom. The van der Waals surface area contributed by atoms with E-state index in [1.807, 2.05) is 44.2 Å². The van der Waals surface area contributed by atoms with E-state index in [0.717, 1.165) is 28.5 Å². The normalized spacial score (nSPS) is 35.3. The second kappa shape index (κ2) is 12.7. The van der Waals surface area contributed by atoms with Crippen LogP contribution in [-0.4, -0.2) is 57.6 Å². The molecule has 288 valence electrons. The number of ketones is 1. The van der Waals surface area contributed by atoms with Gasteiger partial charge in [-0.05, 0) is 111 Å². The van der Waals surface area contributed by atoms with Gasteiger partial charge in [-0.2, -0.15) is 0 Å². The molecule has 1 heterocycles. The average Bonchev–Trinajstić information content (AvgIpc) is 3.66. The van der Waals surface area contributed by atoms with Crippen molar-refractivity contribution in [3.05, 3.63) is 88.8 Å². The Morgan fingerprint density at radius 3 is 2.37 bits per heavy atom. The molecule has 6 aliphatic carbocycles. The van der Waals surface area contributed by atoms with Gasteiger partial charge in [0.1, 0.15) is 5.75 Å². The molecule has 3 fully saturated rings. The number of ether oxygens (including phenoxy) is 1. The first-order chi connectivity index (χ1) is 25.4. The van der Waals surface area contributed by atoms with Crippen molar-refractivity contribution in [2.45, 2.75) is 103 Å². The summed E-state index contributed by atoms with van der Waals surface area (Å²) in [6.07, 6.45) is 6.21. The van der Waals surface area contributed by atoms with Crippen LogP contribution in [-0.2, 0) is 6.54 Å². The van der Waals surface area contributed by atoms with Gasteiger partial charge in [0.15, 0.2) is 5.78 Å². The highest BCUT2D eigenvalue weighted by atomic mass is 32.1. The van der Waals surface area contributed by atoms with Crippen molar-refractivity contribution in [1.82, 2.24) is 10.2 Å². The number of allylic oxidation sites excluding steroid dienone is 4. The molecule has 6 aliphatic rings. The number of carbonyl (C=O) groups is 2. The van der Waals surface area contributed by atoms with Crippen LogP contribution in [0.25, 0.3) is 10.1 Å². The van der Waals surface area contributed by atoms with Crippen molar-refractivity contribution >= 4 is 33.2 Å². The van der Waals surface area contributed by atoms with Gasteiger partial charge in [0.25, 0.3) is 0 Å².